The number of hydrogen-bond donors (Lipinski definition) is 1. The van der Waals surface area contributed by atoms with Crippen LogP contribution in [0.3, 0.4) is 0 Å². The monoisotopic (exact) mass is 209 g/mol. The van der Waals surface area contributed by atoms with Crippen LogP contribution in [0, 0.1) is 0 Å². The molecule has 0 aliphatic rings. The third-order valence-electron chi connectivity index (χ3n) is 1.93. The van der Waals surface area contributed by atoms with Crippen molar-refractivity contribution in [3.63, 3.8) is 0 Å². The largest absolute Gasteiger partial charge is 0.341 e. The van der Waals surface area contributed by atoms with Crippen molar-refractivity contribution >= 4 is 8.24 Å². The van der Waals surface area contributed by atoms with E-state index < -0.39 is 8.24 Å². The van der Waals surface area contributed by atoms with Gasteiger partial charge in [0.05, 0.1) is 0 Å². The molecule has 0 aliphatic carbocycles. The van der Waals surface area contributed by atoms with Crippen molar-refractivity contribution in [2.75, 3.05) is 0 Å². The van der Waals surface area contributed by atoms with E-state index in [1.807, 2.05) is 0 Å². The standard InChI is InChI=1S/C12H23NSi/c1-4-7-10-14(13,11-8-5-2)12-9-6-3/h7-12H,4-6,13H2,1-3H3. The van der Waals surface area contributed by atoms with Crippen molar-refractivity contribution in [1.29, 1.82) is 0 Å². The third-order valence-corrected chi connectivity index (χ3v) is 4.37. The second-order valence-electron chi connectivity index (χ2n) is 3.43. The molecule has 0 radical (unpaired) electrons. The molecule has 0 heterocycles. The van der Waals surface area contributed by atoms with Crippen LogP contribution in [0.25, 0.3) is 0 Å². The zero-order chi connectivity index (χ0) is 10.9. The van der Waals surface area contributed by atoms with Crippen molar-refractivity contribution < 1.29 is 0 Å². The minimum absolute atomic E-state index is 1.06. The highest BCUT2D eigenvalue weighted by Gasteiger charge is 2.16. The Morgan fingerprint density at radius 3 is 1.29 bits per heavy atom. The van der Waals surface area contributed by atoms with Crippen molar-refractivity contribution in [1.82, 2.24) is 0 Å². The summed E-state index contributed by atoms with van der Waals surface area (Å²) in [6.45, 7) is 6.41. The first-order chi connectivity index (χ1) is 6.68. The molecule has 1 nitrogen and oxygen atoms in total. The van der Waals surface area contributed by atoms with E-state index in [1.165, 1.54) is 0 Å². The molecule has 0 saturated carbocycles. The van der Waals surface area contributed by atoms with Gasteiger partial charge in [0, 0.05) is 0 Å². The molecule has 2 N–H and O–H groups in total. The molecule has 0 bridgehead atoms. The molecule has 0 saturated heterocycles. The minimum Gasteiger partial charge on any atom is -0.341 e. The van der Waals surface area contributed by atoms with Gasteiger partial charge in [-0.2, -0.15) is 0 Å². The van der Waals surface area contributed by atoms with Gasteiger partial charge in [0.25, 0.3) is 0 Å². The second kappa shape index (κ2) is 7.77. The van der Waals surface area contributed by atoms with E-state index in [0.717, 1.165) is 19.3 Å². The van der Waals surface area contributed by atoms with Gasteiger partial charge in [-0.05, 0) is 19.3 Å². The van der Waals surface area contributed by atoms with Crippen LogP contribution in [-0.2, 0) is 0 Å². The maximum atomic E-state index is 6.33. The minimum atomic E-state index is -1.85. The summed E-state index contributed by atoms with van der Waals surface area (Å²) < 4.78 is 0. The maximum Gasteiger partial charge on any atom is 0.196 e. The molecule has 2 heteroatoms. The lowest BCUT2D eigenvalue weighted by Crippen LogP contribution is -2.40. The molecule has 80 valence electrons. The molecular formula is C12H23NSi. The fourth-order valence-electron chi connectivity index (χ4n) is 1.13. The van der Waals surface area contributed by atoms with Gasteiger partial charge in [-0.1, -0.05) is 56.1 Å². The van der Waals surface area contributed by atoms with Gasteiger partial charge < -0.3 is 5.40 Å². The van der Waals surface area contributed by atoms with Crippen molar-refractivity contribution in [2.45, 2.75) is 40.0 Å². The molecule has 0 aromatic carbocycles. The van der Waals surface area contributed by atoms with Crippen molar-refractivity contribution in [3.8, 4) is 0 Å². The summed E-state index contributed by atoms with van der Waals surface area (Å²) in [4.78, 5) is 0. The first-order valence-corrected chi connectivity index (χ1v) is 7.81. The Kier molecular flexibility index (Phi) is 7.43. The molecule has 0 aliphatic heterocycles. The summed E-state index contributed by atoms with van der Waals surface area (Å²) in [5.41, 5.74) is 6.60. The molecule has 0 aromatic rings. The maximum absolute atomic E-state index is 6.33. The van der Waals surface area contributed by atoms with Crippen molar-refractivity contribution in [3.05, 3.63) is 35.3 Å². The predicted octanol–water partition coefficient (Wildman–Crippen LogP) is 3.41. The normalized spacial score (nSPS) is 17.1. The molecule has 0 atom stereocenters. The smallest absolute Gasteiger partial charge is 0.196 e. The Morgan fingerprint density at radius 1 is 0.786 bits per heavy atom. The summed E-state index contributed by atoms with van der Waals surface area (Å²) in [6, 6.07) is 0. The lowest BCUT2D eigenvalue weighted by atomic mass is 10.5. The Morgan fingerprint density at radius 2 is 1.07 bits per heavy atom. The van der Waals surface area contributed by atoms with Crippen LogP contribution in [0.15, 0.2) is 35.3 Å². The lowest BCUT2D eigenvalue weighted by molar-refractivity contribution is 1.22. The molecule has 0 fully saturated rings. The van der Waals surface area contributed by atoms with E-state index >= 15 is 0 Å². The average Bonchev–Trinajstić information content (AvgIpc) is 2.21. The fraction of sp³-hybridized carbons (Fsp3) is 0.500. The van der Waals surface area contributed by atoms with Gasteiger partial charge in [-0.15, -0.1) is 0 Å². The van der Waals surface area contributed by atoms with Gasteiger partial charge in [-0.25, -0.2) is 0 Å². The molecule has 0 spiro atoms. The van der Waals surface area contributed by atoms with Crippen molar-refractivity contribution in [2.24, 2.45) is 5.40 Å². The van der Waals surface area contributed by atoms with Crippen LogP contribution in [0.2, 0.25) is 0 Å². The van der Waals surface area contributed by atoms with E-state index in [2.05, 4.69) is 56.1 Å². The van der Waals surface area contributed by atoms with E-state index in [9.17, 15) is 0 Å². The lowest BCUT2D eigenvalue weighted by Gasteiger charge is -2.13. The summed E-state index contributed by atoms with van der Waals surface area (Å²) in [5.74, 6) is 0. The number of rotatable bonds is 6. The first-order valence-electron chi connectivity index (χ1n) is 5.50. The molecule has 0 rings (SSSR count). The van der Waals surface area contributed by atoms with Crippen LogP contribution in [0.4, 0.5) is 0 Å². The van der Waals surface area contributed by atoms with E-state index in [0.29, 0.717) is 0 Å². The van der Waals surface area contributed by atoms with E-state index in [-0.39, 0.29) is 0 Å². The Hall–Kier alpha value is -0.603. The highest BCUT2D eigenvalue weighted by atomic mass is 28.3. The predicted molar refractivity (Wildman–Crippen MR) is 68.2 cm³/mol. The van der Waals surface area contributed by atoms with Gasteiger partial charge >= 0.3 is 0 Å². The summed E-state index contributed by atoms with van der Waals surface area (Å²) in [6.07, 6.45) is 9.70. The van der Waals surface area contributed by atoms with E-state index in [4.69, 9.17) is 5.40 Å². The van der Waals surface area contributed by atoms with Gasteiger partial charge in [0.2, 0.25) is 0 Å². The summed E-state index contributed by atoms with van der Waals surface area (Å²) in [5, 5.41) is 6.33. The van der Waals surface area contributed by atoms with Crippen LogP contribution in [-0.4, -0.2) is 8.24 Å². The Bertz CT molecular complexity index is 180. The van der Waals surface area contributed by atoms with Crippen LogP contribution in [0.1, 0.15) is 40.0 Å². The SMILES string of the molecule is CCC=C[Si](N)(C=CCC)C=CCC. The van der Waals surface area contributed by atoms with E-state index in [1.54, 1.807) is 0 Å². The zero-order valence-electron chi connectivity index (χ0n) is 9.66. The summed E-state index contributed by atoms with van der Waals surface area (Å²) >= 11 is 0. The molecule has 0 amide bonds. The second-order valence-corrected chi connectivity index (χ2v) is 6.43. The number of nitrogens with two attached hydrogens (primary N) is 1. The topological polar surface area (TPSA) is 26.0 Å². The Labute approximate surface area is 89.5 Å². The molecule has 14 heavy (non-hydrogen) atoms. The Balaban J connectivity index is 4.56. The number of hydrogen-bond acceptors (Lipinski definition) is 1. The number of allylic oxidation sites excluding steroid dienone is 3. The highest BCUT2D eigenvalue weighted by molar-refractivity contribution is 6.90. The molecule has 0 unspecified atom stereocenters. The van der Waals surface area contributed by atoms with Gasteiger partial charge in [0.1, 0.15) is 0 Å². The third kappa shape index (κ3) is 5.94. The van der Waals surface area contributed by atoms with Gasteiger partial charge in [0.15, 0.2) is 8.24 Å². The first kappa shape index (κ1) is 13.4. The molecule has 0 aromatic heterocycles. The van der Waals surface area contributed by atoms with Crippen LogP contribution in [0.5, 0.6) is 0 Å². The van der Waals surface area contributed by atoms with Crippen LogP contribution < -0.4 is 5.40 Å². The fourth-order valence-corrected chi connectivity index (χ4v) is 3.40. The molecular weight excluding hydrogens is 186 g/mol. The zero-order valence-corrected chi connectivity index (χ0v) is 10.7. The average molecular weight is 209 g/mol. The summed E-state index contributed by atoms with van der Waals surface area (Å²) in [7, 11) is -1.85. The van der Waals surface area contributed by atoms with Crippen LogP contribution >= 0.6 is 0 Å². The van der Waals surface area contributed by atoms with Gasteiger partial charge in [-0.3, -0.25) is 0 Å². The quantitative estimate of drug-likeness (QED) is 0.667. The highest BCUT2D eigenvalue weighted by Crippen LogP contribution is 2.04.